The Bertz CT molecular complexity index is 367. The van der Waals surface area contributed by atoms with Gasteiger partial charge in [0.2, 0.25) is 0 Å². The molecule has 0 saturated heterocycles. The molecule has 1 heterocycles. The van der Waals surface area contributed by atoms with Crippen molar-refractivity contribution in [3.05, 3.63) is 18.2 Å². The first-order chi connectivity index (χ1) is 8.29. The number of carbonyl (C=O) groups excluding carboxylic acids is 1. The topological polar surface area (TPSA) is 44.1 Å². The van der Waals surface area contributed by atoms with Crippen LogP contribution in [0.15, 0.2) is 12.5 Å². The fraction of sp³-hybridized carbons (Fsp3) is 0.692. The first-order valence-electron chi connectivity index (χ1n) is 6.39. The minimum Gasteiger partial charge on any atom is -0.469 e. The van der Waals surface area contributed by atoms with Gasteiger partial charge in [-0.05, 0) is 12.8 Å². The van der Waals surface area contributed by atoms with Gasteiger partial charge in [0, 0.05) is 18.7 Å². The van der Waals surface area contributed by atoms with Crippen molar-refractivity contribution < 1.29 is 9.53 Å². The van der Waals surface area contributed by atoms with Crippen molar-refractivity contribution in [3.63, 3.8) is 0 Å². The highest BCUT2D eigenvalue weighted by atomic mass is 16.5. The summed E-state index contributed by atoms with van der Waals surface area (Å²) in [5.41, 5.74) is 0.987. The van der Waals surface area contributed by atoms with E-state index in [0.29, 0.717) is 18.9 Å². The standard InChI is InChI=1S/C13H20N2O2/c1-17-13(16)8-7-11-9-15(10-14-11)12-5-3-2-4-6-12/h9-10,12H,2-8H2,1H3. The quantitative estimate of drug-likeness (QED) is 0.754. The number of nitrogens with zero attached hydrogens (tertiary/aromatic N) is 2. The molecule has 0 spiro atoms. The molecular formula is C13H20N2O2. The molecule has 0 radical (unpaired) electrons. The van der Waals surface area contributed by atoms with Crippen LogP contribution in [0.5, 0.6) is 0 Å². The summed E-state index contributed by atoms with van der Waals surface area (Å²) in [5.74, 6) is -0.169. The molecule has 1 aromatic rings. The van der Waals surface area contributed by atoms with Gasteiger partial charge in [0.15, 0.2) is 0 Å². The number of aromatic nitrogens is 2. The van der Waals surface area contributed by atoms with Crippen LogP contribution in [-0.4, -0.2) is 22.6 Å². The molecule has 0 unspecified atom stereocenters. The second-order valence-corrected chi connectivity index (χ2v) is 4.68. The maximum atomic E-state index is 11.0. The number of rotatable bonds is 4. The molecule has 0 atom stereocenters. The second kappa shape index (κ2) is 5.84. The van der Waals surface area contributed by atoms with E-state index in [0.717, 1.165) is 5.69 Å². The number of methoxy groups -OCH3 is 1. The summed E-state index contributed by atoms with van der Waals surface area (Å²) in [6.45, 7) is 0. The minimum absolute atomic E-state index is 0.169. The van der Waals surface area contributed by atoms with Crippen molar-refractivity contribution in [1.82, 2.24) is 9.55 Å². The van der Waals surface area contributed by atoms with E-state index in [-0.39, 0.29) is 5.97 Å². The third-order valence-corrected chi connectivity index (χ3v) is 3.46. The molecule has 2 rings (SSSR count). The number of hydrogen-bond acceptors (Lipinski definition) is 3. The van der Waals surface area contributed by atoms with Crippen LogP contribution in [0.2, 0.25) is 0 Å². The van der Waals surface area contributed by atoms with Gasteiger partial charge in [-0.2, -0.15) is 0 Å². The van der Waals surface area contributed by atoms with Crippen LogP contribution < -0.4 is 0 Å². The fourth-order valence-electron chi connectivity index (χ4n) is 2.42. The van der Waals surface area contributed by atoms with E-state index in [1.54, 1.807) is 0 Å². The van der Waals surface area contributed by atoms with E-state index in [2.05, 4.69) is 20.5 Å². The monoisotopic (exact) mass is 236 g/mol. The molecule has 17 heavy (non-hydrogen) atoms. The van der Waals surface area contributed by atoms with Crippen LogP contribution in [0, 0.1) is 0 Å². The molecule has 1 aliphatic carbocycles. The molecule has 1 fully saturated rings. The first-order valence-corrected chi connectivity index (χ1v) is 6.39. The Morgan fingerprint density at radius 2 is 2.24 bits per heavy atom. The number of esters is 1. The predicted octanol–water partition coefficient (Wildman–Crippen LogP) is 2.49. The van der Waals surface area contributed by atoms with E-state index in [4.69, 9.17) is 0 Å². The van der Waals surface area contributed by atoms with Crippen LogP contribution in [0.25, 0.3) is 0 Å². The summed E-state index contributed by atoms with van der Waals surface area (Å²) in [6.07, 6.45) is 11.6. The van der Waals surface area contributed by atoms with Gasteiger partial charge in [-0.15, -0.1) is 0 Å². The average Bonchev–Trinajstić information content (AvgIpc) is 2.86. The summed E-state index contributed by atoms with van der Waals surface area (Å²) < 4.78 is 6.84. The summed E-state index contributed by atoms with van der Waals surface area (Å²) in [6, 6.07) is 0.614. The van der Waals surface area contributed by atoms with Gasteiger partial charge >= 0.3 is 5.97 Å². The zero-order valence-corrected chi connectivity index (χ0v) is 10.4. The Kier molecular flexibility index (Phi) is 4.18. The van der Waals surface area contributed by atoms with E-state index in [1.807, 2.05) is 6.33 Å². The second-order valence-electron chi connectivity index (χ2n) is 4.68. The lowest BCUT2D eigenvalue weighted by Gasteiger charge is -2.22. The van der Waals surface area contributed by atoms with Crippen LogP contribution in [0.1, 0.15) is 50.3 Å². The Morgan fingerprint density at radius 1 is 1.47 bits per heavy atom. The summed E-state index contributed by atoms with van der Waals surface area (Å²) in [4.78, 5) is 15.4. The largest absolute Gasteiger partial charge is 0.469 e. The molecule has 94 valence electrons. The molecule has 4 heteroatoms. The van der Waals surface area contributed by atoms with Gasteiger partial charge in [0.1, 0.15) is 0 Å². The summed E-state index contributed by atoms with van der Waals surface area (Å²) >= 11 is 0. The lowest BCUT2D eigenvalue weighted by atomic mass is 9.95. The van der Waals surface area contributed by atoms with E-state index in [1.165, 1.54) is 39.2 Å². The highest BCUT2D eigenvalue weighted by molar-refractivity contribution is 5.69. The van der Waals surface area contributed by atoms with E-state index >= 15 is 0 Å². The molecular weight excluding hydrogens is 216 g/mol. The molecule has 1 aliphatic rings. The van der Waals surface area contributed by atoms with Crippen molar-refractivity contribution in [2.75, 3.05) is 7.11 Å². The maximum Gasteiger partial charge on any atom is 0.305 e. The lowest BCUT2D eigenvalue weighted by molar-refractivity contribution is -0.140. The molecule has 0 aromatic carbocycles. The predicted molar refractivity (Wildman–Crippen MR) is 64.7 cm³/mol. The maximum absolute atomic E-state index is 11.0. The number of aryl methyl sites for hydroxylation is 1. The van der Waals surface area contributed by atoms with Crippen LogP contribution in [-0.2, 0) is 16.0 Å². The van der Waals surface area contributed by atoms with Gasteiger partial charge < -0.3 is 9.30 Å². The van der Waals surface area contributed by atoms with Crippen molar-refractivity contribution in [1.29, 1.82) is 0 Å². The van der Waals surface area contributed by atoms with Crippen molar-refractivity contribution in [3.8, 4) is 0 Å². The molecule has 0 N–H and O–H groups in total. The Morgan fingerprint density at radius 3 is 2.94 bits per heavy atom. The Balaban J connectivity index is 1.88. The van der Waals surface area contributed by atoms with E-state index < -0.39 is 0 Å². The minimum atomic E-state index is -0.169. The van der Waals surface area contributed by atoms with E-state index in [9.17, 15) is 4.79 Å². The normalized spacial score (nSPS) is 17.0. The highest BCUT2D eigenvalue weighted by Crippen LogP contribution is 2.27. The van der Waals surface area contributed by atoms with Gasteiger partial charge in [-0.25, -0.2) is 4.98 Å². The Labute approximate surface area is 102 Å². The first kappa shape index (κ1) is 12.1. The lowest BCUT2D eigenvalue weighted by Crippen LogP contribution is -2.10. The smallest absolute Gasteiger partial charge is 0.305 e. The number of imidazole rings is 1. The molecule has 0 amide bonds. The zero-order chi connectivity index (χ0) is 12.1. The number of ether oxygens (including phenoxy) is 1. The van der Waals surface area contributed by atoms with Gasteiger partial charge in [-0.1, -0.05) is 19.3 Å². The SMILES string of the molecule is COC(=O)CCc1cn(C2CCCCC2)cn1. The summed E-state index contributed by atoms with van der Waals surface area (Å²) in [5, 5.41) is 0. The molecule has 0 aliphatic heterocycles. The van der Waals surface area contributed by atoms with Crippen LogP contribution in [0.4, 0.5) is 0 Å². The zero-order valence-electron chi connectivity index (χ0n) is 10.4. The third-order valence-electron chi connectivity index (χ3n) is 3.46. The number of hydrogen-bond donors (Lipinski definition) is 0. The van der Waals surface area contributed by atoms with Crippen molar-refractivity contribution >= 4 is 5.97 Å². The third kappa shape index (κ3) is 3.32. The molecule has 1 saturated carbocycles. The van der Waals surface area contributed by atoms with Gasteiger partial charge in [-0.3, -0.25) is 4.79 Å². The summed E-state index contributed by atoms with van der Waals surface area (Å²) in [7, 11) is 1.42. The van der Waals surface area contributed by atoms with Crippen LogP contribution >= 0.6 is 0 Å². The average molecular weight is 236 g/mol. The van der Waals surface area contributed by atoms with Crippen LogP contribution in [0.3, 0.4) is 0 Å². The fourth-order valence-corrected chi connectivity index (χ4v) is 2.42. The Hall–Kier alpha value is -1.32. The molecule has 0 bridgehead atoms. The van der Waals surface area contributed by atoms with Crippen molar-refractivity contribution in [2.24, 2.45) is 0 Å². The number of carbonyl (C=O) groups is 1. The van der Waals surface area contributed by atoms with Gasteiger partial charge in [0.25, 0.3) is 0 Å². The molecule has 1 aromatic heterocycles. The van der Waals surface area contributed by atoms with Crippen molar-refractivity contribution in [2.45, 2.75) is 51.0 Å². The highest BCUT2D eigenvalue weighted by Gasteiger charge is 2.15. The van der Waals surface area contributed by atoms with Gasteiger partial charge in [0.05, 0.1) is 25.6 Å². The molecule has 4 nitrogen and oxygen atoms in total.